The summed E-state index contributed by atoms with van der Waals surface area (Å²) in [4.78, 5) is 24.5. The van der Waals surface area contributed by atoms with Gasteiger partial charge in [-0.25, -0.2) is 4.68 Å². The number of nitrogens with zero attached hydrogens (tertiary/aromatic N) is 2. The lowest BCUT2D eigenvalue weighted by Gasteiger charge is -2.12. The van der Waals surface area contributed by atoms with Crippen LogP contribution in [0, 0.1) is 13.8 Å². The fourth-order valence-electron chi connectivity index (χ4n) is 3.84. The van der Waals surface area contributed by atoms with E-state index < -0.39 is 0 Å². The minimum absolute atomic E-state index is 0.243. The van der Waals surface area contributed by atoms with Gasteiger partial charge in [-0.05, 0) is 74.4 Å². The molecule has 1 amide bonds. The second-order valence-corrected chi connectivity index (χ2v) is 8.05. The minimum atomic E-state index is -0.248. The topological polar surface area (TPSA) is 82.5 Å². The van der Waals surface area contributed by atoms with Gasteiger partial charge in [0.1, 0.15) is 5.75 Å². The third-order valence-electron chi connectivity index (χ3n) is 5.73. The molecule has 0 radical (unpaired) electrons. The molecule has 3 aromatic carbocycles. The Morgan fingerprint density at radius 1 is 0.914 bits per heavy atom. The third-order valence-corrected chi connectivity index (χ3v) is 5.73. The van der Waals surface area contributed by atoms with E-state index in [-0.39, 0.29) is 11.9 Å². The molecule has 0 spiro atoms. The number of carbonyl (C=O) groups excluding carboxylic acids is 2. The fourth-order valence-corrected chi connectivity index (χ4v) is 3.84. The number of anilines is 1. The summed E-state index contributed by atoms with van der Waals surface area (Å²) in [6.45, 7) is 3.89. The number of amides is 1. The number of hydrogen-bond acceptors (Lipinski definition) is 5. The lowest BCUT2D eigenvalue weighted by Crippen LogP contribution is -2.12. The highest BCUT2D eigenvalue weighted by molar-refractivity contribution is 6.05. The molecule has 0 saturated carbocycles. The lowest BCUT2D eigenvalue weighted by molar-refractivity contribution is -0.140. The van der Waals surface area contributed by atoms with Gasteiger partial charge in [0.2, 0.25) is 0 Å². The Morgan fingerprint density at radius 3 is 2.31 bits per heavy atom. The molecule has 1 aromatic heterocycles. The Morgan fingerprint density at radius 2 is 1.60 bits per heavy atom. The van der Waals surface area contributed by atoms with E-state index in [1.165, 1.54) is 7.11 Å². The molecule has 35 heavy (non-hydrogen) atoms. The van der Waals surface area contributed by atoms with Gasteiger partial charge in [0.15, 0.2) is 5.75 Å². The van der Waals surface area contributed by atoms with Crippen LogP contribution in [0.3, 0.4) is 0 Å². The minimum Gasteiger partial charge on any atom is -0.469 e. The van der Waals surface area contributed by atoms with Crippen molar-refractivity contribution in [2.75, 3.05) is 12.4 Å². The molecule has 0 aliphatic carbocycles. The molecule has 1 N–H and O–H groups in total. The van der Waals surface area contributed by atoms with Crippen LogP contribution in [0.25, 0.3) is 5.69 Å². The number of esters is 1. The third kappa shape index (κ3) is 5.58. The number of rotatable bonds is 8. The maximum Gasteiger partial charge on any atom is 0.305 e. The smallest absolute Gasteiger partial charge is 0.305 e. The molecule has 0 unspecified atom stereocenters. The van der Waals surface area contributed by atoms with E-state index >= 15 is 0 Å². The van der Waals surface area contributed by atoms with E-state index in [0.29, 0.717) is 35.6 Å². The summed E-state index contributed by atoms with van der Waals surface area (Å²) in [6, 6.07) is 24.0. The summed E-state index contributed by atoms with van der Waals surface area (Å²) in [7, 11) is 1.39. The average molecular weight is 470 g/mol. The number of methoxy groups -OCH3 is 1. The van der Waals surface area contributed by atoms with Crippen molar-refractivity contribution in [3.8, 4) is 17.2 Å². The number of benzene rings is 3. The van der Waals surface area contributed by atoms with Crippen molar-refractivity contribution >= 4 is 17.6 Å². The summed E-state index contributed by atoms with van der Waals surface area (Å²) in [6.07, 6.45) is 0.869. The molecule has 7 nitrogen and oxygen atoms in total. The molecule has 0 saturated heterocycles. The van der Waals surface area contributed by atoms with Gasteiger partial charge in [-0.15, -0.1) is 0 Å². The van der Waals surface area contributed by atoms with Gasteiger partial charge < -0.3 is 14.8 Å². The molecule has 0 aliphatic rings. The van der Waals surface area contributed by atoms with Crippen LogP contribution in [0.5, 0.6) is 11.5 Å². The van der Waals surface area contributed by atoms with Gasteiger partial charge in [-0.2, -0.15) is 5.10 Å². The van der Waals surface area contributed by atoms with Crippen molar-refractivity contribution in [3.05, 3.63) is 101 Å². The van der Waals surface area contributed by atoms with E-state index in [1.807, 2.05) is 79.2 Å². The monoisotopic (exact) mass is 469 g/mol. The fraction of sp³-hybridized carbons (Fsp3) is 0.179. The van der Waals surface area contributed by atoms with Crippen LogP contribution in [0.4, 0.5) is 5.69 Å². The largest absolute Gasteiger partial charge is 0.469 e. The molecule has 0 bridgehead atoms. The highest BCUT2D eigenvalue weighted by Gasteiger charge is 2.15. The molecule has 4 rings (SSSR count). The van der Waals surface area contributed by atoms with E-state index in [9.17, 15) is 9.59 Å². The van der Waals surface area contributed by atoms with E-state index in [4.69, 9.17) is 9.47 Å². The van der Waals surface area contributed by atoms with Crippen molar-refractivity contribution in [1.29, 1.82) is 0 Å². The Kier molecular flexibility index (Phi) is 7.26. The Balaban J connectivity index is 1.49. The predicted molar refractivity (Wildman–Crippen MR) is 134 cm³/mol. The van der Waals surface area contributed by atoms with Crippen molar-refractivity contribution in [1.82, 2.24) is 9.78 Å². The van der Waals surface area contributed by atoms with Gasteiger partial charge >= 0.3 is 5.97 Å². The summed E-state index contributed by atoms with van der Waals surface area (Å²) in [5, 5.41) is 7.56. The van der Waals surface area contributed by atoms with Crippen molar-refractivity contribution in [3.63, 3.8) is 0 Å². The summed E-state index contributed by atoms with van der Waals surface area (Å²) in [5.41, 5.74) is 4.76. The Labute approximate surface area is 204 Å². The number of aryl methyl sites for hydroxylation is 1. The van der Waals surface area contributed by atoms with Crippen LogP contribution in [-0.2, 0) is 16.0 Å². The number of aromatic nitrogens is 2. The predicted octanol–water partition coefficient (Wildman–Crippen LogP) is 5.64. The summed E-state index contributed by atoms with van der Waals surface area (Å²) in [5.74, 6) is 0.760. The van der Waals surface area contributed by atoms with Crippen LogP contribution >= 0.6 is 0 Å². The first-order chi connectivity index (χ1) is 17.0. The second kappa shape index (κ2) is 10.7. The first-order valence-electron chi connectivity index (χ1n) is 11.3. The van der Waals surface area contributed by atoms with Gasteiger partial charge in [-0.3, -0.25) is 9.59 Å². The van der Waals surface area contributed by atoms with Crippen molar-refractivity contribution in [2.24, 2.45) is 0 Å². The number of hydrogen-bond donors (Lipinski definition) is 1. The maximum absolute atomic E-state index is 12.9. The molecular weight excluding hydrogens is 442 g/mol. The Hall–Kier alpha value is -4.39. The van der Waals surface area contributed by atoms with Crippen LogP contribution in [0.2, 0.25) is 0 Å². The van der Waals surface area contributed by atoms with Gasteiger partial charge in [0, 0.05) is 17.7 Å². The SMILES string of the molecule is COC(=O)CCc1c(C)nn(-c2ccc(C(=O)Nc3ccccc3Oc3ccccc3)cc2)c1C. The van der Waals surface area contributed by atoms with E-state index in [2.05, 4.69) is 10.4 Å². The lowest BCUT2D eigenvalue weighted by atomic mass is 10.1. The van der Waals surface area contributed by atoms with Crippen LogP contribution in [0.1, 0.15) is 33.7 Å². The van der Waals surface area contributed by atoms with E-state index in [1.54, 1.807) is 18.2 Å². The zero-order valence-corrected chi connectivity index (χ0v) is 19.9. The molecule has 0 aliphatic heterocycles. The average Bonchev–Trinajstić information content (AvgIpc) is 3.17. The second-order valence-electron chi connectivity index (χ2n) is 8.05. The van der Waals surface area contributed by atoms with E-state index in [0.717, 1.165) is 22.6 Å². The van der Waals surface area contributed by atoms with Crippen molar-refractivity contribution in [2.45, 2.75) is 26.7 Å². The number of para-hydroxylation sites is 3. The quantitative estimate of drug-likeness (QED) is 0.338. The van der Waals surface area contributed by atoms with Crippen LogP contribution in [0.15, 0.2) is 78.9 Å². The summed E-state index contributed by atoms with van der Waals surface area (Å²) < 4.78 is 12.5. The number of nitrogens with one attached hydrogen (secondary N) is 1. The standard InChI is InChI=1S/C28H27N3O4/c1-19-24(17-18-27(32)34-3)20(2)31(30-19)22-15-13-21(14-16-22)28(33)29-25-11-7-8-12-26(25)35-23-9-5-4-6-10-23/h4-16H,17-18H2,1-3H3,(H,29,33). The molecular formula is C28H27N3O4. The first kappa shape index (κ1) is 23.8. The molecule has 0 fully saturated rings. The number of carbonyl (C=O) groups is 2. The van der Waals surface area contributed by atoms with Gasteiger partial charge in [0.05, 0.1) is 24.2 Å². The molecule has 1 heterocycles. The molecule has 7 heteroatoms. The Bertz CT molecular complexity index is 1330. The molecule has 0 atom stereocenters. The summed E-state index contributed by atoms with van der Waals surface area (Å²) >= 11 is 0. The van der Waals surface area contributed by atoms with Crippen molar-refractivity contribution < 1.29 is 19.1 Å². The normalized spacial score (nSPS) is 10.6. The molecule has 178 valence electrons. The maximum atomic E-state index is 12.9. The highest BCUT2D eigenvalue weighted by Crippen LogP contribution is 2.29. The molecule has 4 aromatic rings. The zero-order chi connectivity index (χ0) is 24.8. The first-order valence-corrected chi connectivity index (χ1v) is 11.3. The van der Waals surface area contributed by atoms with Gasteiger partial charge in [-0.1, -0.05) is 30.3 Å². The van der Waals surface area contributed by atoms with Gasteiger partial charge in [0.25, 0.3) is 5.91 Å². The number of ether oxygens (including phenoxy) is 2. The zero-order valence-electron chi connectivity index (χ0n) is 19.9. The highest BCUT2D eigenvalue weighted by atomic mass is 16.5. The van der Waals surface area contributed by atoms with Crippen LogP contribution in [-0.4, -0.2) is 28.8 Å². The van der Waals surface area contributed by atoms with Crippen LogP contribution < -0.4 is 10.1 Å².